The first-order valence-electron chi connectivity index (χ1n) is 18.3. The molecule has 6 aromatic carbocycles. The third kappa shape index (κ3) is 10.4. The second-order valence-corrected chi connectivity index (χ2v) is 13.8. The van der Waals surface area contributed by atoms with E-state index in [2.05, 4.69) is 0 Å². The summed E-state index contributed by atoms with van der Waals surface area (Å²) in [5, 5.41) is 60.4. The molecule has 7 aromatic rings. The van der Waals surface area contributed by atoms with Crippen molar-refractivity contribution in [3.05, 3.63) is 179 Å². The molecule has 0 fully saturated rings. The summed E-state index contributed by atoms with van der Waals surface area (Å²) in [5.41, 5.74) is 5.36. The Morgan fingerprint density at radius 2 is 0.386 bits per heavy atom. The molecule has 0 amide bonds. The normalized spacial score (nSPS) is 10.9. The monoisotopic (exact) mass is 762 g/mol. The highest BCUT2D eigenvalue weighted by atomic mass is 16.3. The Morgan fingerprint density at radius 3 is 0.526 bits per heavy atom. The van der Waals surface area contributed by atoms with Gasteiger partial charge in [-0.25, -0.2) is 0 Å². The summed E-state index contributed by atoms with van der Waals surface area (Å²) < 4.78 is 0. The van der Waals surface area contributed by atoms with Crippen molar-refractivity contribution in [1.82, 2.24) is 15.0 Å². The highest BCUT2D eigenvalue weighted by molar-refractivity contribution is 5.50. The predicted molar refractivity (Wildman–Crippen MR) is 218 cm³/mol. The number of phenolic OH excluding ortho intramolecular Hbond substituents is 6. The molecule has 0 aliphatic rings. The lowest BCUT2D eigenvalue weighted by atomic mass is 10.1. The fourth-order valence-corrected chi connectivity index (χ4v) is 6.29. The molecule has 6 N–H and O–H groups in total. The third-order valence-electron chi connectivity index (χ3n) is 9.31. The molecule has 0 atom stereocenters. The molecule has 0 saturated carbocycles. The van der Waals surface area contributed by atoms with Gasteiger partial charge in [0.25, 0.3) is 0 Å². The van der Waals surface area contributed by atoms with Crippen LogP contribution in [-0.4, -0.2) is 45.6 Å². The zero-order valence-electron chi connectivity index (χ0n) is 31.0. The predicted octanol–water partition coefficient (Wildman–Crippen LogP) is 7.73. The van der Waals surface area contributed by atoms with E-state index in [-0.39, 0.29) is 34.5 Å². The molecule has 0 radical (unpaired) electrons. The standard InChI is InChI=1S/C45H42N6O6/c52-37-13-1-31(2-14-37)25-49(26-32-3-15-38(53)16-4-32)43-46-44(50(27-33-5-17-39(54)18-6-33)28-34-7-19-40(55)20-8-34)48-45(47-43)51(29-35-9-21-41(56)22-10-35)30-36-11-23-42(57)24-12-36/h1-24,52-57H,25-30H2. The third-order valence-corrected chi connectivity index (χ3v) is 9.31. The molecule has 0 aliphatic carbocycles. The van der Waals surface area contributed by atoms with Gasteiger partial charge in [-0.05, 0) is 106 Å². The van der Waals surface area contributed by atoms with Gasteiger partial charge in [-0.2, -0.15) is 15.0 Å². The Hall–Kier alpha value is -7.47. The molecule has 12 heteroatoms. The molecule has 57 heavy (non-hydrogen) atoms. The SMILES string of the molecule is Oc1ccc(CN(Cc2ccc(O)cc2)c2nc(N(Cc3ccc(O)cc3)Cc3ccc(O)cc3)nc(N(Cc3ccc(O)cc3)Cc3ccc(O)cc3)n2)cc1. The number of anilines is 3. The quantitative estimate of drug-likeness (QED) is 0.0602. The maximum absolute atomic E-state index is 10.1. The largest absolute Gasteiger partial charge is 0.508 e. The maximum Gasteiger partial charge on any atom is 0.232 e. The summed E-state index contributed by atoms with van der Waals surface area (Å²) in [6.07, 6.45) is 0. The van der Waals surface area contributed by atoms with Crippen molar-refractivity contribution in [3.63, 3.8) is 0 Å². The van der Waals surface area contributed by atoms with Gasteiger partial charge in [0.15, 0.2) is 0 Å². The zero-order chi connectivity index (χ0) is 39.7. The summed E-state index contributed by atoms with van der Waals surface area (Å²) in [6.45, 7) is 2.14. The first kappa shape index (κ1) is 37.8. The average Bonchev–Trinajstić information content (AvgIpc) is 3.22. The molecule has 288 valence electrons. The van der Waals surface area contributed by atoms with Crippen LogP contribution in [0.4, 0.5) is 17.8 Å². The average molecular weight is 763 g/mol. The van der Waals surface area contributed by atoms with E-state index in [1.54, 1.807) is 72.8 Å². The molecular weight excluding hydrogens is 721 g/mol. The Morgan fingerprint density at radius 1 is 0.246 bits per heavy atom. The van der Waals surface area contributed by atoms with E-state index in [9.17, 15) is 30.6 Å². The number of nitrogens with zero attached hydrogens (tertiary/aromatic N) is 6. The van der Waals surface area contributed by atoms with E-state index in [4.69, 9.17) is 15.0 Å². The van der Waals surface area contributed by atoms with Crippen LogP contribution in [0.15, 0.2) is 146 Å². The van der Waals surface area contributed by atoms with Gasteiger partial charge < -0.3 is 45.3 Å². The minimum atomic E-state index is 0.145. The van der Waals surface area contributed by atoms with Gasteiger partial charge in [-0.3, -0.25) is 0 Å². The minimum Gasteiger partial charge on any atom is -0.508 e. The Kier molecular flexibility index (Phi) is 11.5. The number of hydrogen-bond donors (Lipinski definition) is 6. The van der Waals surface area contributed by atoms with Crippen molar-refractivity contribution in [1.29, 1.82) is 0 Å². The lowest BCUT2D eigenvalue weighted by Gasteiger charge is -2.30. The Labute approximate surface area is 330 Å². The molecule has 7 rings (SSSR count). The van der Waals surface area contributed by atoms with Crippen LogP contribution in [0.1, 0.15) is 33.4 Å². The van der Waals surface area contributed by atoms with E-state index >= 15 is 0 Å². The van der Waals surface area contributed by atoms with E-state index < -0.39 is 0 Å². The zero-order valence-corrected chi connectivity index (χ0v) is 31.0. The van der Waals surface area contributed by atoms with Crippen molar-refractivity contribution in [3.8, 4) is 34.5 Å². The molecule has 0 aliphatic heterocycles. The van der Waals surface area contributed by atoms with Crippen molar-refractivity contribution >= 4 is 17.8 Å². The van der Waals surface area contributed by atoms with Gasteiger partial charge >= 0.3 is 0 Å². The summed E-state index contributed by atoms with van der Waals surface area (Å²) in [6, 6.07) is 41.6. The van der Waals surface area contributed by atoms with E-state index in [0.29, 0.717) is 57.1 Å². The number of aromatic nitrogens is 3. The van der Waals surface area contributed by atoms with Crippen LogP contribution in [0, 0.1) is 0 Å². The van der Waals surface area contributed by atoms with Gasteiger partial charge in [0.2, 0.25) is 17.8 Å². The highest BCUT2D eigenvalue weighted by Crippen LogP contribution is 2.29. The second-order valence-electron chi connectivity index (χ2n) is 13.8. The second kappa shape index (κ2) is 17.3. The van der Waals surface area contributed by atoms with E-state index in [0.717, 1.165) is 33.4 Å². The number of benzene rings is 6. The number of phenols is 6. The summed E-state index contributed by atoms with van der Waals surface area (Å²) in [5.74, 6) is 1.95. The summed E-state index contributed by atoms with van der Waals surface area (Å²) in [4.78, 5) is 21.5. The fraction of sp³-hybridized carbons (Fsp3) is 0.133. The molecule has 0 unspecified atom stereocenters. The molecule has 0 bridgehead atoms. The van der Waals surface area contributed by atoms with Crippen LogP contribution in [0.2, 0.25) is 0 Å². The first-order chi connectivity index (χ1) is 27.6. The topological polar surface area (TPSA) is 170 Å². The van der Waals surface area contributed by atoms with E-state index in [1.807, 2.05) is 87.5 Å². The minimum absolute atomic E-state index is 0.145. The van der Waals surface area contributed by atoms with Gasteiger partial charge in [-0.1, -0.05) is 72.8 Å². The summed E-state index contributed by atoms with van der Waals surface area (Å²) >= 11 is 0. The van der Waals surface area contributed by atoms with Gasteiger partial charge in [0.05, 0.1) is 0 Å². The van der Waals surface area contributed by atoms with Crippen LogP contribution in [0.3, 0.4) is 0 Å². The van der Waals surface area contributed by atoms with Crippen molar-refractivity contribution in [2.45, 2.75) is 39.3 Å². The lowest BCUT2D eigenvalue weighted by molar-refractivity contribution is 0.474. The van der Waals surface area contributed by atoms with Gasteiger partial charge in [-0.15, -0.1) is 0 Å². The Balaban J connectivity index is 1.39. The summed E-state index contributed by atoms with van der Waals surface area (Å²) in [7, 11) is 0. The van der Waals surface area contributed by atoms with Crippen molar-refractivity contribution in [2.75, 3.05) is 14.7 Å². The number of aromatic hydroxyl groups is 6. The first-order valence-corrected chi connectivity index (χ1v) is 18.3. The number of rotatable bonds is 15. The molecule has 1 aromatic heterocycles. The van der Waals surface area contributed by atoms with E-state index in [1.165, 1.54) is 0 Å². The maximum atomic E-state index is 10.1. The smallest absolute Gasteiger partial charge is 0.232 e. The van der Waals surface area contributed by atoms with Gasteiger partial charge in [0.1, 0.15) is 34.5 Å². The molecule has 1 heterocycles. The molecule has 0 spiro atoms. The van der Waals surface area contributed by atoms with Crippen LogP contribution >= 0.6 is 0 Å². The van der Waals surface area contributed by atoms with Crippen molar-refractivity contribution < 1.29 is 30.6 Å². The molecular formula is C45H42N6O6. The Bertz CT molecular complexity index is 1940. The number of hydrogen-bond acceptors (Lipinski definition) is 12. The van der Waals surface area contributed by atoms with Crippen LogP contribution < -0.4 is 14.7 Å². The lowest BCUT2D eigenvalue weighted by Crippen LogP contribution is -2.31. The van der Waals surface area contributed by atoms with Crippen LogP contribution in [0.25, 0.3) is 0 Å². The van der Waals surface area contributed by atoms with Crippen molar-refractivity contribution in [2.24, 2.45) is 0 Å². The van der Waals surface area contributed by atoms with Crippen LogP contribution in [0.5, 0.6) is 34.5 Å². The highest BCUT2D eigenvalue weighted by Gasteiger charge is 2.23. The molecule has 0 saturated heterocycles. The molecule has 12 nitrogen and oxygen atoms in total. The fourth-order valence-electron chi connectivity index (χ4n) is 6.29. The van der Waals surface area contributed by atoms with Crippen LogP contribution in [-0.2, 0) is 39.3 Å². The van der Waals surface area contributed by atoms with Gasteiger partial charge in [0, 0.05) is 39.3 Å².